The average Bonchev–Trinajstić information content (AvgIpc) is 2.52. The van der Waals surface area contributed by atoms with Crippen molar-refractivity contribution in [3.05, 3.63) is 64.2 Å². The van der Waals surface area contributed by atoms with Crippen LogP contribution in [0.3, 0.4) is 0 Å². The van der Waals surface area contributed by atoms with Crippen molar-refractivity contribution in [3.8, 4) is 6.07 Å². The van der Waals surface area contributed by atoms with E-state index in [-0.39, 0.29) is 5.97 Å². The van der Waals surface area contributed by atoms with Gasteiger partial charge in [0.25, 0.3) is 0 Å². The van der Waals surface area contributed by atoms with Gasteiger partial charge in [-0.1, -0.05) is 29.8 Å². The zero-order valence-electron chi connectivity index (χ0n) is 11.4. The zero-order chi connectivity index (χ0) is 15.2. The minimum atomic E-state index is -0.390. The number of hydrogen-bond donors (Lipinski definition) is 1. The first-order chi connectivity index (χ1) is 10.2. The summed E-state index contributed by atoms with van der Waals surface area (Å²) < 4.78 is 4.75. The molecule has 5 heteroatoms. The second kappa shape index (κ2) is 6.78. The van der Waals surface area contributed by atoms with Gasteiger partial charge in [0.1, 0.15) is 6.07 Å². The number of halogens is 1. The van der Waals surface area contributed by atoms with Crippen LogP contribution in [0.4, 0.5) is 5.69 Å². The monoisotopic (exact) mass is 300 g/mol. The van der Waals surface area contributed by atoms with E-state index in [2.05, 4.69) is 11.4 Å². The molecule has 0 heterocycles. The van der Waals surface area contributed by atoms with Crippen molar-refractivity contribution in [1.82, 2.24) is 0 Å². The molecule has 2 aromatic rings. The van der Waals surface area contributed by atoms with Crippen LogP contribution < -0.4 is 5.32 Å². The zero-order valence-corrected chi connectivity index (χ0v) is 12.1. The van der Waals surface area contributed by atoms with Gasteiger partial charge in [-0.05, 0) is 29.8 Å². The second-order valence-electron chi connectivity index (χ2n) is 4.30. The maximum atomic E-state index is 11.7. The molecule has 2 rings (SSSR count). The lowest BCUT2D eigenvalue weighted by Crippen LogP contribution is -2.09. The van der Waals surface area contributed by atoms with Crippen LogP contribution in [-0.4, -0.2) is 13.1 Å². The number of nitrogens with one attached hydrogen (secondary N) is 1. The number of carbonyl (C=O) groups excluding carboxylic acids is 1. The van der Waals surface area contributed by atoms with Gasteiger partial charge in [-0.15, -0.1) is 0 Å². The number of anilines is 1. The number of esters is 1. The second-order valence-corrected chi connectivity index (χ2v) is 4.74. The molecule has 0 unspecified atom stereocenters. The quantitative estimate of drug-likeness (QED) is 0.876. The summed E-state index contributed by atoms with van der Waals surface area (Å²) >= 11 is 5.94. The molecule has 106 valence electrons. The fraction of sp³-hybridized carbons (Fsp3) is 0.125. The van der Waals surface area contributed by atoms with Crippen LogP contribution in [0.25, 0.3) is 0 Å². The first kappa shape index (κ1) is 14.9. The predicted octanol–water partition coefficient (Wildman–Crippen LogP) is 3.61. The van der Waals surface area contributed by atoms with Gasteiger partial charge in [-0.25, -0.2) is 4.79 Å². The SMILES string of the molecule is COC(=O)c1ccccc1CNc1cc(Cl)ccc1C#N. The number of rotatable bonds is 4. The highest BCUT2D eigenvalue weighted by atomic mass is 35.5. The van der Waals surface area contributed by atoms with E-state index in [0.717, 1.165) is 5.56 Å². The minimum absolute atomic E-state index is 0.389. The van der Waals surface area contributed by atoms with E-state index in [1.165, 1.54) is 7.11 Å². The summed E-state index contributed by atoms with van der Waals surface area (Å²) in [5.41, 5.74) is 2.40. The first-order valence-electron chi connectivity index (χ1n) is 6.25. The van der Waals surface area contributed by atoms with Crippen molar-refractivity contribution in [2.45, 2.75) is 6.54 Å². The summed E-state index contributed by atoms with van der Waals surface area (Å²) in [7, 11) is 1.34. The standard InChI is InChI=1S/C16H13ClN2O2/c1-21-16(20)14-5-3-2-4-12(14)10-19-15-8-13(17)7-6-11(15)9-18/h2-8,19H,10H2,1H3. The Kier molecular flexibility index (Phi) is 4.81. The maximum Gasteiger partial charge on any atom is 0.338 e. The number of benzene rings is 2. The summed E-state index contributed by atoms with van der Waals surface area (Å²) in [6.45, 7) is 0.389. The van der Waals surface area contributed by atoms with E-state index in [9.17, 15) is 4.79 Å². The fourth-order valence-corrected chi connectivity index (χ4v) is 2.11. The van der Waals surface area contributed by atoms with Gasteiger partial charge >= 0.3 is 5.97 Å². The molecule has 0 saturated carbocycles. The number of carbonyl (C=O) groups is 1. The molecule has 0 amide bonds. The van der Waals surface area contributed by atoms with Crippen LogP contribution >= 0.6 is 11.6 Å². The minimum Gasteiger partial charge on any atom is -0.465 e. The summed E-state index contributed by atoms with van der Waals surface area (Å²) in [5.74, 6) is -0.390. The maximum absolute atomic E-state index is 11.7. The number of methoxy groups -OCH3 is 1. The van der Waals surface area contributed by atoms with Crippen molar-refractivity contribution in [2.24, 2.45) is 0 Å². The third kappa shape index (κ3) is 3.53. The Morgan fingerprint density at radius 1 is 1.33 bits per heavy atom. The third-order valence-electron chi connectivity index (χ3n) is 2.99. The number of nitriles is 1. The lowest BCUT2D eigenvalue weighted by molar-refractivity contribution is 0.0599. The van der Waals surface area contributed by atoms with Crippen LogP contribution in [-0.2, 0) is 11.3 Å². The Bertz CT molecular complexity index is 708. The Balaban J connectivity index is 2.23. The smallest absolute Gasteiger partial charge is 0.338 e. The largest absolute Gasteiger partial charge is 0.465 e. The van der Waals surface area contributed by atoms with Crippen molar-refractivity contribution in [3.63, 3.8) is 0 Å². The molecule has 0 bridgehead atoms. The van der Waals surface area contributed by atoms with Gasteiger partial charge < -0.3 is 10.1 Å². The average molecular weight is 301 g/mol. The van der Waals surface area contributed by atoms with Crippen LogP contribution in [0, 0.1) is 11.3 Å². The highest BCUT2D eigenvalue weighted by Crippen LogP contribution is 2.21. The molecule has 0 aliphatic carbocycles. The molecule has 0 aromatic heterocycles. The van der Waals surface area contributed by atoms with E-state index in [0.29, 0.717) is 28.4 Å². The molecule has 0 fully saturated rings. The molecule has 0 radical (unpaired) electrons. The molecule has 21 heavy (non-hydrogen) atoms. The molecular formula is C16H13ClN2O2. The molecular weight excluding hydrogens is 288 g/mol. The summed E-state index contributed by atoms with van der Waals surface area (Å²) in [4.78, 5) is 11.7. The topological polar surface area (TPSA) is 62.1 Å². The van der Waals surface area contributed by atoms with E-state index in [1.807, 2.05) is 12.1 Å². The number of hydrogen-bond acceptors (Lipinski definition) is 4. The Morgan fingerprint density at radius 2 is 2.10 bits per heavy atom. The first-order valence-corrected chi connectivity index (χ1v) is 6.63. The summed E-state index contributed by atoms with van der Waals surface area (Å²) in [6.07, 6.45) is 0. The summed E-state index contributed by atoms with van der Waals surface area (Å²) in [6, 6.07) is 14.2. The van der Waals surface area contributed by atoms with E-state index >= 15 is 0 Å². The Hall–Kier alpha value is -2.51. The molecule has 2 aromatic carbocycles. The van der Waals surface area contributed by atoms with E-state index < -0.39 is 0 Å². The van der Waals surface area contributed by atoms with Crippen molar-refractivity contribution < 1.29 is 9.53 Å². The normalized spacial score (nSPS) is 9.76. The molecule has 1 N–H and O–H groups in total. The number of ether oxygens (including phenoxy) is 1. The van der Waals surface area contributed by atoms with Gasteiger partial charge in [0, 0.05) is 11.6 Å². The van der Waals surface area contributed by atoms with Crippen LogP contribution in [0.1, 0.15) is 21.5 Å². The van der Waals surface area contributed by atoms with Crippen LogP contribution in [0.2, 0.25) is 5.02 Å². The fourth-order valence-electron chi connectivity index (χ4n) is 1.93. The predicted molar refractivity (Wildman–Crippen MR) is 81.3 cm³/mol. The molecule has 0 saturated heterocycles. The van der Waals surface area contributed by atoms with Gasteiger partial charge in [-0.2, -0.15) is 5.26 Å². The van der Waals surface area contributed by atoms with E-state index in [1.54, 1.807) is 30.3 Å². The van der Waals surface area contributed by atoms with Crippen molar-refractivity contribution in [2.75, 3.05) is 12.4 Å². The molecule has 0 aliphatic heterocycles. The van der Waals surface area contributed by atoms with Gasteiger partial charge in [0.2, 0.25) is 0 Å². The highest BCUT2D eigenvalue weighted by Gasteiger charge is 2.11. The van der Waals surface area contributed by atoms with Crippen molar-refractivity contribution >= 4 is 23.3 Å². The van der Waals surface area contributed by atoms with Gasteiger partial charge in [0.15, 0.2) is 0 Å². The Labute approximate surface area is 127 Å². The Morgan fingerprint density at radius 3 is 2.81 bits per heavy atom. The molecule has 0 spiro atoms. The molecule has 4 nitrogen and oxygen atoms in total. The van der Waals surface area contributed by atoms with Crippen LogP contribution in [0.5, 0.6) is 0 Å². The molecule has 0 aliphatic rings. The number of nitrogens with zero attached hydrogens (tertiary/aromatic N) is 1. The lowest BCUT2D eigenvalue weighted by Gasteiger charge is -2.11. The summed E-state index contributed by atoms with van der Waals surface area (Å²) in [5, 5.41) is 12.7. The highest BCUT2D eigenvalue weighted by molar-refractivity contribution is 6.30. The van der Waals surface area contributed by atoms with Gasteiger partial charge in [-0.3, -0.25) is 0 Å². The van der Waals surface area contributed by atoms with E-state index in [4.69, 9.17) is 21.6 Å². The molecule has 0 atom stereocenters. The third-order valence-corrected chi connectivity index (χ3v) is 3.23. The van der Waals surface area contributed by atoms with Crippen LogP contribution in [0.15, 0.2) is 42.5 Å². The lowest BCUT2D eigenvalue weighted by atomic mass is 10.1. The van der Waals surface area contributed by atoms with Gasteiger partial charge in [0.05, 0.1) is 23.9 Å². The van der Waals surface area contributed by atoms with Crippen molar-refractivity contribution in [1.29, 1.82) is 5.26 Å².